The van der Waals surface area contributed by atoms with Crippen molar-refractivity contribution in [2.24, 2.45) is 0 Å². The highest BCUT2D eigenvalue weighted by Crippen LogP contribution is 2.24. The zero-order chi connectivity index (χ0) is 14.2. The van der Waals surface area contributed by atoms with Crippen LogP contribution in [0.25, 0.3) is 0 Å². The van der Waals surface area contributed by atoms with Crippen molar-refractivity contribution in [2.45, 2.75) is 19.5 Å². The molecule has 1 aromatic heterocycles. The highest BCUT2D eigenvalue weighted by atomic mass is 35.5. The molecule has 0 saturated heterocycles. The van der Waals surface area contributed by atoms with Crippen molar-refractivity contribution >= 4 is 0 Å². The molecule has 1 N–H and O–H groups in total. The van der Waals surface area contributed by atoms with Crippen LogP contribution in [0.15, 0.2) is 36.9 Å². The van der Waals surface area contributed by atoms with Crippen LogP contribution in [0.1, 0.15) is 12.0 Å². The zero-order valence-corrected chi connectivity index (χ0v) is 13.1. The molecule has 0 bridgehead atoms. The van der Waals surface area contributed by atoms with Crippen LogP contribution >= 0.6 is 0 Å². The number of aryl methyl sites for hydroxylation is 1. The number of nitrogens with zero attached hydrogens (tertiary/aromatic N) is 2. The van der Waals surface area contributed by atoms with Gasteiger partial charge in [0.2, 0.25) is 0 Å². The number of benzene rings is 1. The van der Waals surface area contributed by atoms with Crippen LogP contribution in [0.4, 0.5) is 0 Å². The standard InChI is InChI=1S/C15H21N3O2.ClH/c1-19-14-5-4-13(15(10-14)20-2)11-16-6-3-8-18-9-7-17-12-18;/h4-5,7,9-10,12,16H,3,6,8,11H2,1-2H3;1H/p-1. The van der Waals surface area contributed by atoms with Crippen LogP contribution in [0.5, 0.6) is 11.5 Å². The molecule has 0 radical (unpaired) electrons. The maximum atomic E-state index is 5.37. The first-order chi connectivity index (χ1) is 9.83. The molecular formula is C15H21ClN3O2-. The van der Waals surface area contributed by atoms with E-state index in [4.69, 9.17) is 9.47 Å². The third kappa shape index (κ3) is 5.28. The molecule has 0 atom stereocenters. The first-order valence-corrected chi connectivity index (χ1v) is 6.71. The molecule has 0 aliphatic rings. The number of rotatable bonds is 8. The fourth-order valence-corrected chi connectivity index (χ4v) is 2.03. The zero-order valence-electron chi connectivity index (χ0n) is 12.4. The molecule has 0 aliphatic heterocycles. The summed E-state index contributed by atoms with van der Waals surface area (Å²) in [6.07, 6.45) is 6.68. The molecular weight excluding hydrogens is 290 g/mol. The fourth-order valence-electron chi connectivity index (χ4n) is 2.03. The lowest BCUT2D eigenvalue weighted by atomic mass is 10.2. The molecule has 0 spiro atoms. The van der Waals surface area contributed by atoms with Crippen LogP contribution in [0.3, 0.4) is 0 Å². The fraction of sp³-hybridized carbons (Fsp3) is 0.400. The van der Waals surface area contributed by atoms with E-state index in [2.05, 4.69) is 14.9 Å². The van der Waals surface area contributed by atoms with Crippen LogP contribution in [0, 0.1) is 0 Å². The minimum Gasteiger partial charge on any atom is -1.00 e. The lowest BCUT2D eigenvalue weighted by Gasteiger charge is -2.11. The van der Waals surface area contributed by atoms with Gasteiger partial charge in [0.05, 0.1) is 20.5 Å². The maximum Gasteiger partial charge on any atom is 0.127 e. The predicted molar refractivity (Wildman–Crippen MR) is 78.1 cm³/mol. The summed E-state index contributed by atoms with van der Waals surface area (Å²) in [6, 6.07) is 5.88. The van der Waals surface area contributed by atoms with Crippen LogP contribution in [0.2, 0.25) is 0 Å². The van der Waals surface area contributed by atoms with Crippen molar-refractivity contribution in [3.63, 3.8) is 0 Å². The average Bonchev–Trinajstić information content (AvgIpc) is 3.00. The molecule has 0 fully saturated rings. The number of imidazole rings is 1. The van der Waals surface area contributed by atoms with Crippen LogP contribution in [-0.2, 0) is 13.1 Å². The lowest BCUT2D eigenvalue weighted by molar-refractivity contribution is -0.00000487. The van der Waals surface area contributed by atoms with E-state index >= 15 is 0 Å². The summed E-state index contributed by atoms with van der Waals surface area (Å²) in [6.45, 7) is 2.72. The minimum atomic E-state index is 0. The number of hydrogen-bond donors (Lipinski definition) is 1. The summed E-state index contributed by atoms with van der Waals surface area (Å²) in [5.74, 6) is 1.66. The van der Waals surface area contributed by atoms with Gasteiger partial charge in [-0.15, -0.1) is 0 Å². The van der Waals surface area contributed by atoms with Gasteiger partial charge in [0, 0.05) is 37.1 Å². The first kappa shape index (κ1) is 17.3. The highest BCUT2D eigenvalue weighted by molar-refractivity contribution is 5.40. The van der Waals surface area contributed by atoms with Crippen LogP contribution in [-0.4, -0.2) is 30.3 Å². The van der Waals surface area contributed by atoms with Gasteiger partial charge >= 0.3 is 0 Å². The molecule has 5 nitrogen and oxygen atoms in total. The Morgan fingerprint density at radius 2 is 2.10 bits per heavy atom. The number of nitrogens with one attached hydrogen (secondary N) is 1. The van der Waals surface area contributed by atoms with E-state index in [1.165, 1.54) is 0 Å². The molecule has 2 aromatic rings. The molecule has 21 heavy (non-hydrogen) atoms. The van der Waals surface area contributed by atoms with E-state index in [1.54, 1.807) is 20.4 Å². The SMILES string of the molecule is COc1ccc(CNCCCn2ccnc2)c(OC)c1.[Cl-]. The Balaban J connectivity index is 0.00000220. The Morgan fingerprint density at radius 3 is 2.76 bits per heavy atom. The summed E-state index contributed by atoms with van der Waals surface area (Å²) in [7, 11) is 3.33. The third-order valence-corrected chi connectivity index (χ3v) is 3.14. The van der Waals surface area contributed by atoms with Crippen molar-refractivity contribution in [3.8, 4) is 11.5 Å². The van der Waals surface area contributed by atoms with Gasteiger partial charge < -0.3 is 31.8 Å². The summed E-state index contributed by atoms with van der Waals surface area (Å²) in [5.41, 5.74) is 1.14. The number of ether oxygens (including phenoxy) is 2. The first-order valence-electron chi connectivity index (χ1n) is 6.71. The Morgan fingerprint density at radius 1 is 1.24 bits per heavy atom. The molecule has 1 aromatic carbocycles. The average molecular weight is 311 g/mol. The van der Waals surface area contributed by atoms with Gasteiger partial charge in [-0.1, -0.05) is 6.07 Å². The second-order valence-electron chi connectivity index (χ2n) is 4.51. The van der Waals surface area contributed by atoms with Gasteiger partial charge in [-0.05, 0) is 19.0 Å². The van der Waals surface area contributed by atoms with E-state index in [9.17, 15) is 0 Å². The predicted octanol–water partition coefficient (Wildman–Crippen LogP) is -0.916. The van der Waals surface area contributed by atoms with Crippen LogP contribution < -0.4 is 27.2 Å². The number of methoxy groups -OCH3 is 2. The molecule has 0 unspecified atom stereocenters. The molecule has 1 heterocycles. The number of halogens is 1. The maximum absolute atomic E-state index is 5.37. The van der Waals surface area contributed by atoms with Crippen molar-refractivity contribution < 1.29 is 21.9 Å². The van der Waals surface area contributed by atoms with Gasteiger partial charge in [-0.3, -0.25) is 0 Å². The summed E-state index contributed by atoms with van der Waals surface area (Å²) < 4.78 is 12.6. The van der Waals surface area contributed by atoms with Crippen molar-refractivity contribution in [1.29, 1.82) is 0 Å². The summed E-state index contributed by atoms with van der Waals surface area (Å²) in [5, 5.41) is 3.42. The van der Waals surface area contributed by atoms with Gasteiger partial charge in [0.1, 0.15) is 11.5 Å². The Hall–Kier alpha value is -1.72. The molecule has 2 rings (SSSR count). The molecule has 0 saturated carbocycles. The highest BCUT2D eigenvalue weighted by Gasteiger charge is 2.04. The van der Waals surface area contributed by atoms with Crippen molar-refractivity contribution in [2.75, 3.05) is 20.8 Å². The van der Waals surface area contributed by atoms with E-state index in [1.807, 2.05) is 30.7 Å². The summed E-state index contributed by atoms with van der Waals surface area (Å²) >= 11 is 0. The van der Waals surface area contributed by atoms with Gasteiger partial charge in [-0.2, -0.15) is 0 Å². The van der Waals surface area contributed by atoms with Gasteiger partial charge in [0.25, 0.3) is 0 Å². The quantitative estimate of drug-likeness (QED) is 0.641. The Kier molecular flexibility index (Phi) is 7.64. The van der Waals surface area contributed by atoms with Gasteiger partial charge in [0.15, 0.2) is 0 Å². The third-order valence-electron chi connectivity index (χ3n) is 3.14. The van der Waals surface area contributed by atoms with E-state index < -0.39 is 0 Å². The van der Waals surface area contributed by atoms with Crippen molar-refractivity contribution in [3.05, 3.63) is 42.5 Å². The second kappa shape index (κ2) is 9.26. The monoisotopic (exact) mass is 310 g/mol. The van der Waals surface area contributed by atoms with E-state index in [0.29, 0.717) is 0 Å². The van der Waals surface area contributed by atoms with E-state index in [-0.39, 0.29) is 12.4 Å². The van der Waals surface area contributed by atoms with Crippen molar-refractivity contribution in [1.82, 2.24) is 14.9 Å². The second-order valence-corrected chi connectivity index (χ2v) is 4.51. The molecule has 6 heteroatoms. The molecule has 116 valence electrons. The topological polar surface area (TPSA) is 48.3 Å². The number of hydrogen-bond acceptors (Lipinski definition) is 4. The molecule has 0 amide bonds. The minimum absolute atomic E-state index is 0. The molecule has 0 aliphatic carbocycles. The normalized spacial score (nSPS) is 10.0. The smallest absolute Gasteiger partial charge is 0.127 e. The Labute approximate surface area is 131 Å². The number of aromatic nitrogens is 2. The van der Waals surface area contributed by atoms with Gasteiger partial charge in [-0.25, -0.2) is 4.98 Å². The summed E-state index contributed by atoms with van der Waals surface area (Å²) in [4.78, 5) is 4.02. The largest absolute Gasteiger partial charge is 1.00 e. The lowest BCUT2D eigenvalue weighted by Crippen LogP contribution is -3.00. The Bertz CT molecular complexity index is 518. The van der Waals surface area contributed by atoms with E-state index in [0.717, 1.165) is 43.1 Å².